The minimum absolute atomic E-state index is 0.0616. The average molecular weight is 542 g/mol. The van der Waals surface area contributed by atoms with Gasteiger partial charge in [-0.15, -0.1) is 0 Å². The molecule has 0 fully saturated rings. The molecule has 1 aliphatic heterocycles. The summed E-state index contributed by atoms with van der Waals surface area (Å²) in [5, 5.41) is 21.1. The second-order valence-corrected chi connectivity index (χ2v) is 10.6. The zero-order valence-corrected chi connectivity index (χ0v) is 22.3. The summed E-state index contributed by atoms with van der Waals surface area (Å²) in [6.45, 7) is 7.86. The lowest BCUT2D eigenvalue weighted by molar-refractivity contribution is -0.120. The second kappa shape index (κ2) is 8.82. The first-order chi connectivity index (χ1) is 17.1. The number of halogens is 1. The minimum Gasteiger partial charge on any atom is -0.507 e. The first-order valence-corrected chi connectivity index (χ1v) is 12.7. The summed E-state index contributed by atoms with van der Waals surface area (Å²) in [7, 11) is 0. The van der Waals surface area contributed by atoms with Gasteiger partial charge in [0, 0.05) is 15.7 Å². The molecule has 0 radical (unpaired) electrons. The first kappa shape index (κ1) is 24.1. The Hall–Kier alpha value is -3.57. The van der Waals surface area contributed by atoms with Crippen LogP contribution in [0.25, 0.3) is 0 Å². The van der Waals surface area contributed by atoms with E-state index >= 15 is 0 Å². The van der Waals surface area contributed by atoms with Gasteiger partial charge < -0.3 is 15.1 Å². The highest BCUT2D eigenvalue weighted by Crippen LogP contribution is 2.53. The third-order valence-electron chi connectivity index (χ3n) is 7.25. The van der Waals surface area contributed by atoms with E-state index < -0.39 is 5.41 Å². The highest BCUT2D eigenvalue weighted by atomic mass is 79.9. The number of phenols is 2. The Morgan fingerprint density at radius 1 is 0.750 bits per heavy atom. The van der Waals surface area contributed by atoms with E-state index in [9.17, 15) is 15.0 Å². The number of hydrogen-bond acceptors (Lipinski definition) is 3. The normalized spacial score (nSPS) is 14.2. The standard InChI is InChI=1S/C31H28BrNO3/c1-18-12-23(13-19(2)28(18)34)31(24-14-20(3)29(35)21(4)15-24)26-16-25(32)10-11-27(26)33(30(31)36)17-22-8-6-5-7-9-22/h5-16,34-35H,17H2,1-4H3. The van der Waals surface area contributed by atoms with Gasteiger partial charge in [0.25, 0.3) is 0 Å². The summed E-state index contributed by atoms with van der Waals surface area (Å²) in [6.07, 6.45) is 0. The first-order valence-electron chi connectivity index (χ1n) is 11.9. The number of hydrogen-bond donors (Lipinski definition) is 2. The quantitative estimate of drug-likeness (QED) is 0.293. The Labute approximate surface area is 220 Å². The number of fused-ring (bicyclic) bond motifs is 1. The molecule has 4 aromatic rings. The fourth-order valence-corrected chi connectivity index (χ4v) is 5.82. The molecule has 0 saturated carbocycles. The van der Waals surface area contributed by atoms with Gasteiger partial charge >= 0.3 is 0 Å². The van der Waals surface area contributed by atoms with E-state index in [0.717, 1.165) is 32.4 Å². The van der Waals surface area contributed by atoms with E-state index in [-0.39, 0.29) is 17.4 Å². The molecule has 0 aliphatic carbocycles. The molecule has 2 N–H and O–H groups in total. The number of carbonyl (C=O) groups is 1. The largest absolute Gasteiger partial charge is 0.507 e. The molecule has 0 spiro atoms. The van der Waals surface area contributed by atoms with Crippen LogP contribution < -0.4 is 4.90 Å². The third kappa shape index (κ3) is 3.61. The van der Waals surface area contributed by atoms with Crippen molar-refractivity contribution in [2.45, 2.75) is 39.7 Å². The van der Waals surface area contributed by atoms with E-state index in [1.54, 1.807) is 0 Å². The fourth-order valence-electron chi connectivity index (χ4n) is 5.46. The summed E-state index contributed by atoms with van der Waals surface area (Å²) in [6, 6.07) is 23.6. The molecule has 0 saturated heterocycles. The summed E-state index contributed by atoms with van der Waals surface area (Å²) < 4.78 is 0.874. The van der Waals surface area contributed by atoms with Crippen molar-refractivity contribution in [3.8, 4) is 11.5 Å². The predicted octanol–water partition coefficient (Wildman–Crippen LogP) is 6.98. The van der Waals surface area contributed by atoms with Crippen LogP contribution in [0, 0.1) is 27.7 Å². The molecule has 4 nitrogen and oxygen atoms in total. The average Bonchev–Trinajstić information content (AvgIpc) is 3.08. The Bertz CT molecular complexity index is 1410. The topological polar surface area (TPSA) is 60.8 Å². The number of aromatic hydroxyl groups is 2. The van der Waals surface area contributed by atoms with E-state index in [0.29, 0.717) is 28.8 Å². The summed E-state index contributed by atoms with van der Waals surface area (Å²) in [5.74, 6) is 0.398. The number of phenolic OH excluding ortho intramolecular Hbond substituents is 2. The maximum absolute atomic E-state index is 14.8. The van der Waals surface area contributed by atoms with Gasteiger partial charge in [-0.2, -0.15) is 0 Å². The molecule has 0 aromatic heterocycles. The second-order valence-electron chi connectivity index (χ2n) is 9.71. The molecule has 5 heteroatoms. The maximum atomic E-state index is 14.8. The van der Waals surface area contributed by atoms with Gasteiger partial charge in [-0.05, 0) is 84.8 Å². The minimum atomic E-state index is -1.15. The van der Waals surface area contributed by atoms with Crippen molar-refractivity contribution < 1.29 is 15.0 Å². The molecule has 0 atom stereocenters. The monoisotopic (exact) mass is 541 g/mol. The zero-order valence-electron chi connectivity index (χ0n) is 20.8. The van der Waals surface area contributed by atoms with Crippen LogP contribution in [0.5, 0.6) is 11.5 Å². The third-order valence-corrected chi connectivity index (χ3v) is 7.74. The fraction of sp³-hybridized carbons (Fsp3) is 0.194. The van der Waals surface area contributed by atoms with Crippen LogP contribution in [-0.2, 0) is 16.8 Å². The van der Waals surface area contributed by atoms with Crippen molar-refractivity contribution >= 4 is 27.5 Å². The van der Waals surface area contributed by atoms with Gasteiger partial charge in [-0.25, -0.2) is 0 Å². The van der Waals surface area contributed by atoms with Crippen molar-refractivity contribution in [3.63, 3.8) is 0 Å². The van der Waals surface area contributed by atoms with Crippen LogP contribution in [0.2, 0.25) is 0 Å². The molecule has 5 rings (SSSR count). The van der Waals surface area contributed by atoms with Crippen LogP contribution in [-0.4, -0.2) is 16.1 Å². The van der Waals surface area contributed by atoms with Gasteiger partial charge in [-0.3, -0.25) is 4.79 Å². The zero-order chi connectivity index (χ0) is 25.8. The molecular weight excluding hydrogens is 514 g/mol. The molecule has 0 bridgehead atoms. The Balaban J connectivity index is 1.87. The number of carbonyl (C=O) groups excluding carboxylic acids is 1. The summed E-state index contributed by atoms with van der Waals surface area (Å²) >= 11 is 3.64. The molecule has 1 heterocycles. The molecule has 0 unspecified atom stereocenters. The van der Waals surface area contributed by atoms with Crippen LogP contribution in [0.15, 0.2) is 77.3 Å². The van der Waals surface area contributed by atoms with Crippen LogP contribution in [0.4, 0.5) is 5.69 Å². The number of rotatable bonds is 4. The Kier molecular flexibility index (Phi) is 5.92. The number of amides is 1. The number of anilines is 1. The summed E-state index contributed by atoms with van der Waals surface area (Å²) in [4.78, 5) is 16.7. The molecule has 1 aliphatic rings. The van der Waals surface area contributed by atoms with Crippen molar-refractivity contribution in [1.82, 2.24) is 0 Å². The molecular formula is C31H28BrNO3. The number of benzene rings is 4. The van der Waals surface area contributed by atoms with Crippen LogP contribution in [0.1, 0.15) is 44.5 Å². The molecule has 182 valence electrons. The predicted molar refractivity (Wildman–Crippen MR) is 147 cm³/mol. The van der Waals surface area contributed by atoms with Gasteiger partial charge in [0.15, 0.2) is 0 Å². The smallest absolute Gasteiger partial charge is 0.247 e. The van der Waals surface area contributed by atoms with Crippen LogP contribution in [0.3, 0.4) is 0 Å². The van der Waals surface area contributed by atoms with E-state index in [1.807, 2.05) is 105 Å². The van der Waals surface area contributed by atoms with E-state index in [2.05, 4.69) is 15.9 Å². The van der Waals surface area contributed by atoms with E-state index in [4.69, 9.17) is 0 Å². The van der Waals surface area contributed by atoms with Crippen molar-refractivity contribution in [1.29, 1.82) is 0 Å². The summed E-state index contributed by atoms with van der Waals surface area (Å²) in [5.41, 5.74) is 6.02. The number of aryl methyl sites for hydroxylation is 4. The van der Waals surface area contributed by atoms with Gasteiger partial charge in [0.1, 0.15) is 16.9 Å². The van der Waals surface area contributed by atoms with E-state index in [1.165, 1.54) is 0 Å². The Morgan fingerprint density at radius 3 is 1.75 bits per heavy atom. The highest BCUT2D eigenvalue weighted by molar-refractivity contribution is 9.10. The molecule has 1 amide bonds. The lowest BCUT2D eigenvalue weighted by atomic mass is 9.69. The van der Waals surface area contributed by atoms with Gasteiger partial charge in [0.2, 0.25) is 5.91 Å². The molecule has 36 heavy (non-hydrogen) atoms. The SMILES string of the molecule is Cc1cc(C2(c3cc(C)c(O)c(C)c3)C(=O)N(Cc3ccccc3)c3ccc(Br)cc32)cc(C)c1O. The lowest BCUT2D eigenvalue weighted by Gasteiger charge is -2.32. The lowest BCUT2D eigenvalue weighted by Crippen LogP contribution is -2.42. The van der Waals surface area contributed by atoms with Crippen molar-refractivity contribution in [2.75, 3.05) is 4.90 Å². The van der Waals surface area contributed by atoms with Crippen molar-refractivity contribution in [2.24, 2.45) is 0 Å². The molecule has 4 aromatic carbocycles. The number of nitrogens with zero attached hydrogens (tertiary/aromatic N) is 1. The van der Waals surface area contributed by atoms with Crippen LogP contribution >= 0.6 is 15.9 Å². The van der Waals surface area contributed by atoms with Gasteiger partial charge in [0.05, 0.1) is 6.54 Å². The van der Waals surface area contributed by atoms with Crippen molar-refractivity contribution in [3.05, 3.63) is 122 Å². The highest BCUT2D eigenvalue weighted by Gasteiger charge is 2.54. The van der Waals surface area contributed by atoms with Gasteiger partial charge in [-0.1, -0.05) is 70.5 Å². The maximum Gasteiger partial charge on any atom is 0.247 e. The Morgan fingerprint density at radius 2 is 1.25 bits per heavy atom.